The van der Waals surface area contributed by atoms with Gasteiger partial charge < -0.3 is 20.3 Å². The topological polar surface area (TPSA) is 82.6 Å². The van der Waals surface area contributed by atoms with Crippen LogP contribution in [0, 0.1) is 6.92 Å². The van der Waals surface area contributed by atoms with E-state index in [1.807, 2.05) is 14.1 Å². The van der Waals surface area contributed by atoms with Crippen LogP contribution in [0.4, 0.5) is 5.82 Å². The van der Waals surface area contributed by atoms with Crippen LogP contribution in [0.15, 0.2) is 6.07 Å². The standard InChI is InChI=1S/C17H30N6O2/c1-14-20-15(13-16(21-14)18-5-4-7-22(2)3)17(24)19-6-8-23-9-11-25-12-10-23/h13H,4-12H2,1-3H3,(H,19,24)(H,18,20,21). The van der Waals surface area contributed by atoms with Crippen LogP contribution in [0.5, 0.6) is 0 Å². The van der Waals surface area contributed by atoms with Crippen molar-refractivity contribution in [1.82, 2.24) is 25.1 Å². The maximum atomic E-state index is 12.3. The van der Waals surface area contributed by atoms with Gasteiger partial charge in [-0.15, -0.1) is 0 Å². The molecule has 1 aliphatic heterocycles. The zero-order valence-corrected chi connectivity index (χ0v) is 15.5. The third-order valence-electron chi connectivity index (χ3n) is 3.98. The van der Waals surface area contributed by atoms with Gasteiger partial charge in [0.2, 0.25) is 0 Å². The number of carbonyl (C=O) groups is 1. The molecule has 2 heterocycles. The van der Waals surface area contributed by atoms with E-state index in [1.165, 1.54) is 0 Å². The fourth-order valence-electron chi connectivity index (χ4n) is 2.63. The highest BCUT2D eigenvalue weighted by atomic mass is 16.5. The van der Waals surface area contributed by atoms with Gasteiger partial charge in [-0.05, 0) is 34.0 Å². The number of ether oxygens (including phenoxy) is 1. The lowest BCUT2D eigenvalue weighted by molar-refractivity contribution is 0.0383. The average molecular weight is 350 g/mol. The van der Waals surface area contributed by atoms with Crippen LogP contribution in [-0.2, 0) is 4.74 Å². The van der Waals surface area contributed by atoms with E-state index in [1.54, 1.807) is 13.0 Å². The average Bonchev–Trinajstić information content (AvgIpc) is 2.59. The van der Waals surface area contributed by atoms with E-state index in [-0.39, 0.29) is 5.91 Å². The fraction of sp³-hybridized carbons (Fsp3) is 0.706. The second-order valence-corrected chi connectivity index (χ2v) is 6.48. The summed E-state index contributed by atoms with van der Waals surface area (Å²) >= 11 is 0. The molecule has 2 N–H and O–H groups in total. The Morgan fingerprint density at radius 2 is 2.04 bits per heavy atom. The SMILES string of the molecule is Cc1nc(NCCCN(C)C)cc(C(=O)NCCN2CCOCC2)n1. The summed E-state index contributed by atoms with van der Waals surface area (Å²) in [5.41, 5.74) is 0.407. The first-order valence-electron chi connectivity index (χ1n) is 8.87. The van der Waals surface area contributed by atoms with Gasteiger partial charge in [0.15, 0.2) is 0 Å². The first kappa shape index (κ1) is 19.6. The molecule has 1 fully saturated rings. The lowest BCUT2D eigenvalue weighted by Gasteiger charge is -2.26. The van der Waals surface area contributed by atoms with Crippen molar-refractivity contribution in [3.63, 3.8) is 0 Å². The third-order valence-corrected chi connectivity index (χ3v) is 3.98. The molecule has 0 unspecified atom stereocenters. The Hall–Kier alpha value is -1.77. The minimum Gasteiger partial charge on any atom is -0.379 e. The molecule has 0 saturated carbocycles. The predicted molar refractivity (Wildman–Crippen MR) is 98.0 cm³/mol. The van der Waals surface area contributed by atoms with Crippen LogP contribution in [0.1, 0.15) is 22.7 Å². The first-order valence-corrected chi connectivity index (χ1v) is 8.87. The zero-order valence-electron chi connectivity index (χ0n) is 15.5. The fourth-order valence-corrected chi connectivity index (χ4v) is 2.63. The van der Waals surface area contributed by atoms with E-state index in [9.17, 15) is 4.79 Å². The number of hydrogen-bond acceptors (Lipinski definition) is 7. The van der Waals surface area contributed by atoms with E-state index < -0.39 is 0 Å². The van der Waals surface area contributed by atoms with Gasteiger partial charge in [0.1, 0.15) is 17.3 Å². The van der Waals surface area contributed by atoms with E-state index >= 15 is 0 Å². The molecule has 0 aromatic carbocycles. The molecule has 0 spiro atoms. The van der Waals surface area contributed by atoms with Gasteiger partial charge in [-0.3, -0.25) is 9.69 Å². The first-order chi connectivity index (χ1) is 12.0. The number of hydrogen-bond donors (Lipinski definition) is 2. The molecule has 0 atom stereocenters. The van der Waals surface area contributed by atoms with Gasteiger partial charge in [-0.25, -0.2) is 9.97 Å². The number of anilines is 1. The maximum Gasteiger partial charge on any atom is 0.270 e. The van der Waals surface area contributed by atoms with Crippen molar-refractivity contribution in [3.8, 4) is 0 Å². The quantitative estimate of drug-likeness (QED) is 0.616. The molecule has 8 heteroatoms. The second-order valence-electron chi connectivity index (χ2n) is 6.48. The van der Waals surface area contributed by atoms with Gasteiger partial charge in [0.25, 0.3) is 5.91 Å². The number of nitrogens with one attached hydrogen (secondary N) is 2. The van der Waals surface area contributed by atoms with Gasteiger partial charge in [0.05, 0.1) is 13.2 Å². The Labute approximate surface area is 150 Å². The van der Waals surface area contributed by atoms with Crippen molar-refractivity contribution in [2.24, 2.45) is 0 Å². The van der Waals surface area contributed by atoms with Crippen LogP contribution in [0.25, 0.3) is 0 Å². The smallest absolute Gasteiger partial charge is 0.270 e. The van der Waals surface area contributed by atoms with E-state index in [0.717, 1.165) is 52.4 Å². The number of aromatic nitrogens is 2. The van der Waals surface area contributed by atoms with Gasteiger partial charge >= 0.3 is 0 Å². The number of nitrogens with zero attached hydrogens (tertiary/aromatic N) is 4. The summed E-state index contributed by atoms with van der Waals surface area (Å²) in [6, 6.07) is 1.72. The summed E-state index contributed by atoms with van der Waals surface area (Å²) in [4.78, 5) is 25.4. The monoisotopic (exact) mass is 350 g/mol. The highest BCUT2D eigenvalue weighted by molar-refractivity contribution is 5.92. The van der Waals surface area contributed by atoms with Gasteiger partial charge in [-0.2, -0.15) is 0 Å². The molecule has 0 bridgehead atoms. The van der Waals surface area contributed by atoms with Crippen molar-refractivity contribution < 1.29 is 9.53 Å². The van der Waals surface area contributed by atoms with Crippen LogP contribution in [0.3, 0.4) is 0 Å². The molecule has 0 aliphatic carbocycles. The predicted octanol–water partition coefficient (Wildman–Crippen LogP) is 0.211. The van der Waals surface area contributed by atoms with E-state index in [0.29, 0.717) is 23.9 Å². The molecule has 0 radical (unpaired) electrons. The molecule has 1 amide bonds. The third kappa shape index (κ3) is 7.33. The van der Waals surface area contributed by atoms with Crippen molar-refractivity contribution in [1.29, 1.82) is 0 Å². The van der Waals surface area contributed by atoms with Gasteiger partial charge in [-0.1, -0.05) is 0 Å². The number of amides is 1. The minimum absolute atomic E-state index is 0.157. The molecular weight excluding hydrogens is 320 g/mol. The van der Waals surface area contributed by atoms with Gasteiger partial charge in [0, 0.05) is 38.8 Å². The Bertz CT molecular complexity index is 546. The van der Waals surface area contributed by atoms with E-state index in [2.05, 4.69) is 30.4 Å². The normalized spacial score (nSPS) is 15.4. The number of morpholine rings is 1. The molecule has 25 heavy (non-hydrogen) atoms. The van der Waals surface area contributed by atoms with E-state index in [4.69, 9.17) is 4.74 Å². The van der Waals surface area contributed by atoms with Crippen LogP contribution < -0.4 is 10.6 Å². The minimum atomic E-state index is -0.157. The van der Waals surface area contributed by atoms with Crippen molar-refractivity contribution in [2.45, 2.75) is 13.3 Å². The Balaban J connectivity index is 1.79. The number of rotatable bonds is 9. The molecule has 140 valence electrons. The molecule has 1 aromatic rings. The molecule has 1 saturated heterocycles. The largest absolute Gasteiger partial charge is 0.379 e. The Morgan fingerprint density at radius 3 is 2.76 bits per heavy atom. The Morgan fingerprint density at radius 1 is 1.28 bits per heavy atom. The molecule has 1 aromatic heterocycles. The maximum absolute atomic E-state index is 12.3. The summed E-state index contributed by atoms with van der Waals surface area (Å²) in [5.74, 6) is 1.13. The summed E-state index contributed by atoms with van der Waals surface area (Å²) < 4.78 is 5.32. The summed E-state index contributed by atoms with van der Waals surface area (Å²) in [6.07, 6.45) is 1.01. The van der Waals surface area contributed by atoms with Crippen LogP contribution >= 0.6 is 0 Å². The van der Waals surface area contributed by atoms with Crippen LogP contribution in [0.2, 0.25) is 0 Å². The lowest BCUT2D eigenvalue weighted by atomic mass is 10.3. The van der Waals surface area contributed by atoms with Crippen molar-refractivity contribution in [2.75, 3.05) is 71.9 Å². The van der Waals surface area contributed by atoms with Crippen molar-refractivity contribution >= 4 is 11.7 Å². The molecule has 8 nitrogen and oxygen atoms in total. The number of carbonyl (C=O) groups excluding carboxylic acids is 1. The lowest BCUT2D eigenvalue weighted by Crippen LogP contribution is -2.41. The number of aryl methyl sites for hydroxylation is 1. The zero-order chi connectivity index (χ0) is 18.1. The molecule has 2 rings (SSSR count). The second kappa shape index (κ2) is 10.3. The molecule has 1 aliphatic rings. The summed E-state index contributed by atoms with van der Waals surface area (Å²) in [5, 5.41) is 6.20. The highest BCUT2D eigenvalue weighted by Crippen LogP contribution is 2.07. The molecular formula is C17H30N6O2. The summed E-state index contributed by atoms with van der Waals surface area (Å²) in [6.45, 7) is 8.42. The Kier molecular flexibility index (Phi) is 8.03. The van der Waals surface area contributed by atoms with Crippen LogP contribution in [-0.4, -0.2) is 92.3 Å². The summed E-state index contributed by atoms with van der Waals surface area (Å²) in [7, 11) is 4.10. The van der Waals surface area contributed by atoms with Crippen molar-refractivity contribution in [3.05, 3.63) is 17.6 Å². The highest BCUT2D eigenvalue weighted by Gasteiger charge is 2.13.